The van der Waals surface area contributed by atoms with Crippen LogP contribution < -0.4 is 0 Å². The zero-order valence-corrected chi connectivity index (χ0v) is 19.4. The summed E-state index contributed by atoms with van der Waals surface area (Å²) in [5.41, 5.74) is -0.414. The summed E-state index contributed by atoms with van der Waals surface area (Å²) in [7, 11) is 0. The molecule has 0 saturated carbocycles. The zero-order valence-electron chi connectivity index (χ0n) is 19.4. The first-order valence-electron chi connectivity index (χ1n) is 10.8. The third-order valence-corrected chi connectivity index (χ3v) is 5.91. The largest absolute Gasteiger partial charge is 0.478 e. The summed E-state index contributed by atoms with van der Waals surface area (Å²) in [5, 5.41) is 19.3. The van der Waals surface area contributed by atoms with E-state index in [-0.39, 0.29) is 22.2 Å². The summed E-state index contributed by atoms with van der Waals surface area (Å²) in [6, 6.07) is 5.55. The molecular formula is C24H22N4O7. The number of rotatable bonds is 6. The fraction of sp³-hybridized carbons (Fsp3) is 0.250. The Balaban J connectivity index is 1.87. The van der Waals surface area contributed by atoms with Gasteiger partial charge < -0.3 is 24.1 Å². The van der Waals surface area contributed by atoms with Crippen molar-refractivity contribution in [3.05, 3.63) is 58.2 Å². The van der Waals surface area contributed by atoms with Crippen LogP contribution in [-0.2, 0) is 17.8 Å². The molecule has 2 N–H and O–H groups in total. The molecule has 11 heteroatoms. The number of imidazole rings is 2. The number of hydrogen-bond acceptors (Lipinski definition) is 7. The maximum atomic E-state index is 13.2. The molecule has 0 amide bonds. The molecule has 4 aromatic rings. The number of esters is 2. The van der Waals surface area contributed by atoms with E-state index in [1.165, 1.54) is 24.3 Å². The monoisotopic (exact) mass is 478 g/mol. The molecule has 0 aliphatic carbocycles. The molecule has 0 bridgehead atoms. The van der Waals surface area contributed by atoms with Gasteiger partial charge in [-0.15, -0.1) is 0 Å². The summed E-state index contributed by atoms with van der Waals surface area (Å²) in [4.78, 5) is 58.8. The molecule has 2 aromatic heterocycles. The molecule has 4 rings (SSSR count). The number of carboxylic acid groups (broad SMARTS) is 2. The molecule has 0 unspecified atom stereocenters. The van der Waals surface area contributed by atoms with Crippen LogP contribution in [0.4, 0.5) is 0 Å². The van der Waals surface area contributed by atoms with Crippen molar-refractivity contribution in [1.29, 1.82) is 0 Å². The van der Waals surface area contributed by atoms with Gasteiger partial charge in [-0.3, -0.25) is 0 Å². The summed E-state index contributed by atoms with van der Waals surface area (Å²) in [5.74, 6) is -4.22. The molecule has 0 atom stereocenters. The Labute approximate surface area is 198 Å². The molecule has 11 nitrogen and oxygen atoms in total. The molecule has 2 aromatic carbocycles. The Morgan fingerprint density at radius 1 is 0.743 bits per heavy atom. The van der Waals surface area contributed by atoms with Crippen LogP contribution in [0.25, 0.3) is 22.1 Å². The first kappa shape index (κ1) is 23.6. The van der Waals surface area contributed by atoms with Gasteiger partial charge in [-0.1, -0.05) is 0 Å². The highest BCUT2D eigenvalue weighted by atomic mass is 16.6. The summed E-state index contributed by atoms with van der Waals surface area (Å²) >= 11 is 0. The summed E-state index contributed by atoms with van der Waals surface area (Å²) in [6.07, 6.45) is 0. The number of aromatic nitrogens is 4. The fourth-order valence-electron chi connectivity index (χ4n) is 4.37. The lowest BCUT2D eigenvalue weighted by Crippen LogP contribution is -2.19. The second-order valence-corrected chi connectivity index (χ2v) is 7.81. The third kappa shape index (κ3) is 3.70. The van der Waals surface area contributed by atoms with Crippen molar-refractivity contribution in [2.75, 3.05) is 0 Å². The van der Waals surface area contributed by atoms with E-state index in [4.69, 9.17) is 4.74 Å². The number of carbonyl (C=O) groups is 4. The second-order valence-electron chi connectivity index (χ2n) is 7.81. The predicted molar refractivity (Wildman–Crippen MR) is 124 cm³/mol. The normalized spacial score (nSPS) is 11.2. The number of carbonyl (C=O) groups excluding carboxylic acids is 2. The molecule has 0 aliphatic rings. The zero-order chi connectivity index (χ0) is 25.6. The Hall–Kier alpha value is -4.54. The number of fused-ring (bicyclic) bond motifs is 2. The topological polar surface area (TPSA) is 154 Å². The van der Waals surface area contributed by atoms with E-state index in [1.807, 2.05) is 13.8 Å². The van der Waals surface area contributed by atoms with Crippen molar-refractivity contribution < 1.29 is 34.1 Å². The maximum absolute atomic E-state index is 13.2. The molecule has 0 aliphatic heterocycles. The third-order valence-electron chi connectivity index (χ3n) is 5.91. The minimum atomic E-state index is -1.40. The summed E-state index contributed by atoms with van der Waals surface area (Å²) < 4.78 is 8.64. The van der Waals surface area contributed by atoms with Gasteiger partial charge in [0.2, 0.25) is 0 Å². The molecule has 0 radical (unpaired) electrons. The van der Waals surface area contributed by atoms with E-state index in [2.05, 4.69) is 9.97 Å². The van der Waals surface area contributed by atoms with Crippen LogP contribution in [0.1, 0.15) is 66.9 Å². The Kier molecular flexibility index (Phi) is 5.85. The molecule has 180 valence electrons. The standard InChI is InChI=1S/C24H22N4O7/c1-5-27-11(3)25-19-15(27)9-7-13(21(29)30)17(19)23(33)35-24(34)18-14(22(31)32)8-10-16-20(18)26-12(4)28(16)6-2/h7-10H,5-6H2,1-4H3,(H,29,30)(H,31,32). The van der Waals surface area contributed by atoms with Gasteiger partial charge in [0, 0.05) is 13.1 Å². The quantitative estimate of drug-likeness (QED) is 0.313. The molecule has 0 saturated heterocycles. The van der Waals surface area contributed by atoms with Crippen molar-refractivity contribution in [1.82, 2.24) is 19.1 Å². The van der Waals surface area contributed by atoms with Crippen molar-refractivity contribution in [3.63, 3.8) is 0 Å². The van der Waals surface area contributed by atoms with Crippen molar-refractivity contribution >= 4 is 45.9 Å². The van der Waals surface area contributed by atoms with Crippen molar-refractivity contribution in [2.45, 2.75) is 40.8 Å². The number of hydrogen-bond donors (Lipinski definition) is 2. The van der Waals surface area contributed by atoms with Crippen LogP contribution in [-0.4, -0.2) is 53.2 Å². The second kappa shape index (κ2) is 8.67. The first-order chi connectivity index (χ1) is 16.6. The van der Waals surface area contributed by atoms with Crippen molar-refractivity contribution in [2.24, 2.45) is 0 Å². The van der Waals surface area contributed by atoms with E-state index in [0.717, 1.165) is 0 Å². The minimum Gasteiger partial charge on any atom is -0.478 e. The highest BCUT2D eigenvalue weighted by molar-refractivity contribution is 6.17. The number of carboxylic acids is 2. The number of nitrogens with zero attached hydrogens (tertiary/aromatic N) is 4. The van der Waals surface area contributed by atoms with E-state index >= 15 is 0 Å². The SMILES string of the molecule is CCn1c(C)nc2c(C(=O)OC(=O)c3c(C(=O)O)ccc4c3nc(C)n4CC)c(C(=O)O)ccc21. The van der Waals surface area contributed by atoms with Gasteiger partial charge in [0.05, 0.1) is 22.2 Å². The molecule has 0 spiro atoms. The lowest BCUT2D eigenvalue weighted by Gasteiger charge is -2.10. The highest BCUT2D eigenvalue weighted by Crippen LogP contribution is 2.28. The number of aromatic carboxylic acids is 2. The average molecular weight is 478 g/mol. The highest BCUT2D eigenvalue weighted by Gasteiger charge is 2.30. The van der Waals surface area contributed by atoms with Gasteiger partial charge in [0.15, 0.2) is 0 Å². The van der Waals surface area contributed by atoms with Crippen LogP contribution in [0, 0.1) is 13.8 Å². The van der Waals surface area contributed by atoms with Gasteiger partial charge in [0.1, 0.15) is 33.8 Å². The smallest absolute Gasteiger partial charge is 0.349 e. The van der Waals surface area contributed by atoms with Gasteiger partial charge in [-0.25, -0.2) is 29.1 Å². The lowest BCUT2D eigenvalue weighted by atomic mass is 10.0. The van der Waals surface area contributed by atoms with Gasteiger partial charge in [0.25, 0.3) is 0 Å². The summed E-state index contributed by atoms with van der Waals surface area (Å²) in [6.45, 7) is 8.18. The molecule has 2 heterocycles. The van der Waals surface area contributed by atoms with Crippen molar-refractivity contribution in [3.8, 4) is 0 Å². The van der Waals surface area contributed by atoms with Crippen LogP contribution in [0.2, 0.25) is 0 Å². The van der Waals surface area contributed by atoms with Crippen LogP contribution >= 0.6 is 0 Å². The molecule has 35 heavy (non-hydrogen) atoms. The fourth-order valence-corrected chi connectivity index (χ4v) is 4.37. The number of benzene rings is 2. The average Bonchev–Trinajstić information content (AvgIpc) is 3.31. The van der Waals surface area contributed by atoms with Crippen LogP contribution in [0.15, 0.2) is 24.3 Å². The van der Waals surface area contributed by atoms with Crippen LogP contribution in [0.5, 0.6) is 0 Å². The Morgan fingerprint density at radius 2 is 1.11 bits per heavy atom. The maximum Gasteiger partial charge on any atom is 0.349 e. The van der Waals surface area contributed by atoms with Gasteiger partial charge in [-0.05, 0) is 52.0 Å². The molecular weight excluding hydrogens is 456 g/mol. The number of ether oxygens (including phenoxy) is 1. The van der Waals surface area contributed by atoms with Gasteiger partial charge in [-0.2, -0.15) is 0 Å². The van der Waals surface area contributed by atoms with Gasteiger partial charge >= 0.3 is 23.9 Å². The van der Waals surface area contributed by atoms with E-state index in [9.17, 15) is 29.4 Å². The minimum absolute atomic E-state index is 0.0739. The predicted octanol–water partition coefficient (Wildman–Crippen LogP) is 3.44. The Morgan fingerprint density at radius 3 is 1.43 bits per heavy atom. The van der Waals surface area contributed by atoms with E-state index in [0.29, 0.717) is 35.8 Å². The van der Waals surface area contributed by atoms with E-state index < -0.39 is 35.0 Å². The van der Waals surface area contributed by atoms with E-state index in [1.54, 1.807) is 23.0 Å². The Bertz CT molecular complexity index is 1450. The van der Waals surface area contributed by atoms with Crippen LogP contribution in [0.3, 0.4) is 0 Å². The number of aryl methyl sites for hydroxylation is 4. The first-order valence-corrected chi connectivity index (χ1v) is 10.8. The lowest BCUT2D eigenvalue weighted by molar-refractivity contribution is 0.0389. The molecule has 0 fully saturated rings.